The van der Waals surface area contributed by atoms with Crippen LogP contribution in [0.4, 0.5) is 0 Å². The van der Waals surface area contributed by atoms with E-state index < -0.39 is 0 Å². The zero-order valence-electron chi connectivity index (χ0n) is 13.6. The van der Waals surface area contributed by atoms with Gasteiger partial charge in [-0.3, -0.25) is 9.59 Å². The van der Waals surface area contributed by atoms with Gasteiger partial charge < -0.3 is 9.47 Å². The number of hydrogen-bond acceptors (Lipinski definition) is 4. The van der Waals surface area contributed by atoms with Crippen LogP contribution >= 0.6 is 0 Å². The first-order chi connectivity index (χ1) is 10.5. The Morgan fingerprint density at radius 3 is 1.55 bits per heavy atom. The number of carbonyl (C=O) groups is 2. The molecule has 0 bridgehead atoms. The number of carbonyl (C=O) groups excluding carboxylic acids is 2. The maximum absolute atomic E-state index is 11.5. The molecule has 0 rings (SSSR count). The molecule has 0 aliphatic rings. The summed E-state index contributed by atoms with van der Waals surface area (Å²) < 4.78 is 10.4. The van der Waals surface area contributed by atoms with Gasteiger partial charge in [-0.25, -0.2) is 0 Å². The van der Waals surface area contributed by atoms with Gasteiger partial charge in [0.05, 0.1) is 12.2 Å². The fourth-order valence-corrected chi connectivity index (χ4v) is 1.80. The van der Waals surface area contributed by atoms with Crippen molar-refractivity contribution in [2.75, 3.05) is 0 Å². The van der Waals surface area contributed by atoms with Crippen molar-refractivity contribution in [1.29, 1.82) is 0 Å². The van der Waals surface area contributed by atoms with Crippen LogP contribution in [0.1, 0.15) is 65.2 Å². The normalized spacial score (nSPS) is 12.5. The highest BCUT2D eigenvalue weighted by Gasteiger charge is 2.11. The van der Waals surface area contributed by atoms with Gasteiger partial charge in [-0.15, -0.1) is 24.7 Å². The van der Waals surface area contributed by atoms with Gasteiger partial charge in [-0.1, -0.05) is 0 Å². The third kappa shape index (κ3) is 11.9. The minimum Gasteiger partial charge on any atom is -0.463 e. The van der Waals surface area contributed by atoms with Crippen LogP contribution in [0.25, 0.3) is 0 Å². The first kappa shape index (κ1) is 20.1. The molecule has 4 heteroatoms. The molecule has 0 heterocycles. The average Bonchev–Trinajstić information content (AvgIpc) is 2.47. The third-order valence-corrected chi connectivity index (χ3v) is 3.07. The summed E-state index contributed by atoms with van der Waals surface area (Å²) >= 11 is 0. The Morgan fingerprint density at radius 1 is 0.864 bits per heavy atom. The molecule has 4 nitrogen and oxygen atoms in total. The predicted molar refractivity (Wildman–Crippen MR) is 85.7 cm³/mol. The lowest BCUT2D eigenvalue weighted by atomic mass is 10.2. The first-order valence-electron chi connectivity index (χ1n) is 7.75. The molecule has 0 saturated carbocycles. The van der Waals surface area contributed by atoms with Crippen molar-refractivity contribution in [3.8, 4) is 24.7 Å². The molecule has 2 unspecified atom stereocenters. The molecule has 0 radical (unpaired) electrons. The molecule has 0 spiro atoms. The monoisotopic (exact) mass is 306 g/mol. The molecule has 0 fully saturated rings. The number of rotatable bonds is 11. The van der Waals surface area contributed by atoms with Crippen molar-refractivity contribution in [3.63, 3.8) is 0 Å². The Morgan fingerprint density at radius 2 is 1.23 bits per heavy atom. The predicted octanol–water partition coefficient (Wildman–Crippen LogP) is 3.24. The lowest BCUT2D eigenvalue weighted by molar-refractivity contribution is -0.150. The van der Waals surface area contributed by atoms with Crippen LogP contribution in [0.3, 0.4) is 0 Å². The SMILES string of the molecule is C#CCCC(C)OC(=O)CCCCC(=O)OC(C)CCC#C. The molecule has 22 heavy (non-hydrogen) atoms. The Labute approximate surface area is 133 Å². The Bertz CT molecular complexity index is 374. The molecule has 0 aliphatic carbocycles. The molecule has 0 amide bonds. The summed E-state index contributed by atoms with van der Waals surface area (Å²) in [6.45, 7) is 3.65. The second kappa shape index (κ2) is 12.8. The highest BCUT2D eigenvalue weighted by molar-refractivity contribution is 5.70. The van der Waals surface area contributed by atoms with Gasteiger partial charge in [0.1, 0.15) is 0 Å². The maximum atomic E-state index is 11.5. The Balaban J connectivity index is 3.67. The van der Waals surface area contributed by atoms with E-state index in [2.05, 4.69) is 11.8 Å². The summed E-state index contributed by atoms with van der Waals surface area (Å²) in [5.41, 5.74) is 0. The van der Waals surface area contributed by atoms with E-state index in [1.807, 2.05) is 13.8 Å². The minimum atomic E-state index is -0.250. The second-order valence-electron chi connectivity index (χ2n) is 5.29. The maximum Gasteiger partial charge on any atom is 0.306 e. The fourth-order valence-electron chi connectivity index (χ4n) is 1.80. The lowest BCUT2D eigenvalue weighted by Gasteiger charge is -2.12. The Kier molecular flexibility index (Phi) is 11.6. The van der Waals surface area contributed by atoms with E-state index in [0.717, 1.165) is 0 Å². The quantitative estimate of drug-likeness (QED) is 0.334. The summed E-state index contributed by atoms with van der Waals surface area (Å²) in [6, 6.07) is 0. The van der Waals surface area contributed by atoms with Gasteiger partial charge in [0, 0.05) is 25.7 Å². The number of esters is 2. The zero-order valence-corrected chi connectivity index (χ0v) is 13.6. The van der Waals surface area contributed by atoms with E-state index in [0.29, 0.717) is 51.4 Å². The average molecular weight is 306 g/mol. The van der Waals surface area contributed by atoms with Gasteiger partial charge in [-0.05, 0) is 39.5 Å². The number of hydrogen-bond donors (Lipinski definition) is 0. The summed E-state index contributed by atoms with van der Waals surface area (Å²) in [4.78, 5) is 23.1. The number of unbranched alkanes of at least 4 members (excludes halogenated alkanes) is 1. The number of terminal acetylenes is 2. The molecule has 0 N–H and O–H groups in total. The van der Waals surface area contributed by atoms with Gasteiger partial charge in [0.15, 0.2) is 0 Å². The molecule has 0 aliphatic heterocycles. The van der Waals surface area contributed by atoms with Crippen LogP contribution in [-0.2, 0) is 19.1 Å². The molecule has 0 aromatic rings. The van der Waals surface area contributed by atoms with Crippen LogP contribution in [-0.4, -0.2) is 24.1 Å². The molecular formula is C18H26O4. The third-order valence-electron chi connectivity index (χ3n) is 3.07. The van der Waals surface area contributed by atoms with Crippen LogP contribution in [0, 0.1) is 24.7 Å². The van der Waals surface area contributed by atoms with Crippen molar-refractivity contribution in [3.05, 3.63) is 0 Å². The van der Waals surface area contributed by atoms with Crippen molar-refractivity contribution in [1.82, 2.24) is 0 Å². The van der Waals surface area contributed by atoms with Crippen LogP contribution < -0.4 is 0 Å². The minimum absolute atomic E-state index is 0.162. The first-order valence-corrected chi connectivity index (χ1v) is 7.75. The van der Waals surface area contributed by atoms with Gasteiger partial charge in [0.2, 0.25) is 0 Å². The lowest BCUT2D eigenvalue weighted by Crippen LogP contribution is -2.15. The van der Waals surface area contributed by atoms with E-state index in [1.165, 1.54) is 0 Å². The van der Waals surface area contributed by atoms with Crippen LogP contribution in [0.2, 0.25) is 0 Å². The van der Waals surface area contributed by atoms with Gasteiger partial charge in [0.25, 0.3) is 0 Å². The van der Waals surface area contributed by atoms with Crippen molar-refractivity contribution < 1.29 is 19.1 Å². The van der Waals surface area contributed by atoms with Crippen LogP contribution in [0.5, 0.6) is 0 Å². The summed E-state index contributed by atoms with van der Waals surface area (Å²) in [5.74, 6) is 4.52. The molecule has 0 aromatic heterocycles. The molecule has 122 valence electrons. The van der Waals surface area contributed by atoms with E-state index in [1.54, 1.807) is 0 Å². The summed E-state index contributed by atoms with van der Waals surface area (Å²) in [6.07, 6.45) is 14.3. The smallest absolute Gasteiger partial charge is 0.306 e. The summed E-state index contributed by atoms with van der Waals surface area (Å²) in [5, 5.41) is 0. The fraction of sp³-hybridized carbons (Fsp3) is 0.667. The van der Waals surface area contributed by atoms with Crippen molar-refractivity contribution in [2.24, 2.45) is 0 Å². The summed E-state index contributed by atoms with van der Waals surface area (Å²) in [7, 11) is 0. The Hall–Kier alpha value is -1.94. The topological polar surface area (TPSA) is 52.6 Å². The molecular weight excluding hydrogens is 280 g/mol. The molecule has 0 saturated heterocycles. The van der Waals surface area contributed by atoms with E-state index >= 15 is 0 Å². The highest BCUT2D eigenvalue weighted by Crippen LogP contribution is 2.08. The van der Waals surface area contributed by atoms with Crippen molar-refractivity contribution in [2.45, 2.75) is 77.4 Å². The number of ether oxygens (including phenoxy) is 2. The van der Waals surface area contributed by atoms with Gasteiger partial charge >= 0.3 is 11.9 Å². The zero-order chi connectivity index (χ0) is 16.8. The largest absolute Gasteiger partial charge is 0.463 e. The van der Waals surface area contributed by atoms with E-state index in [-0.39, 0.29) is 24.1 Å². The van der Waals surface area contributed by atoms with Gasteiger partial charge in [-0.2, -0.15) is 0 Å². The highest BCUT2D eigenvalue weighted by atomic mass is 16.5. The molecule has 0 aromatic carbocycles. The van der Waals surface area contributed by atoms with Crippen LogP contribution in [0.15, 0.2) is 0 Å². The van der Waals surface area contributed by atoms with E-state index in [4.69, 9.17) is 22.3 Å². The molecule has 2 atom stereocenters. The standard InChI is InChI=1S/C18H26O4/c1-5-7-11-15(3)21-17(19)13-9-10-14-18(20)22-16(4)12-8-6-2/h1-2,15-16H,7-14H2,3-4H3. The van der Waals surface area contributed by atoms with Crippen molar-refractivity contribution >= 4 is 11.9 Å². The van der Waals surface area contributed by atoms with E-state index in [9.17, 15) is 9.59 Å². The second-order valence-corrected chi connectivity index (χ2v) is 5.29.